The molecule has 1 aliphatic rings. The third-order valence-corrected chi connectivity index (χ3v) is 6.52. The molecule has 0 saturated carbocycles. The number of nitro groups is 1. The van der Waals surface area contributed by atoms with Gasteiger partial charge in [0.15, 0.2) is 11.6 Å². The minimum atomic E-state index is -4.04. The maximum atomic E-state index is 13.5. The van der Waals surface area contributed by atoms with Crippen molar-refractivity contribution in [3.05, 3.63) is 63.7 Å². The van der Waals surface area contributed by atoms with Gasteiger partial charge >= 0.3 is 0 Å². The Morgan fingerprint density at radius 1 is 1.14 bits per heavy atom. The maximum Gasteiger partial charge on any atom is 0.270 e. The van der Waals surface area contributed by atoms with Crippen LogP contribution in [0.25, 0.3) is 0 Å². The van der Waals surface area contributed by atoms with E-state index in [0.717, 1.165) is 18.2 Å². The van der Waals surface area contributed by atoms with Crippen LogP contribution in [-0.4, -0.2) is 43.9 Å². The molecule has 0 aromatic heterocycles. The summed E-state index contributed by atoms with van der Waals surface area (Å²) in [5.41, 5.74) is 0.138. The lowest BCUT2D eigenvalue weighted by molar-refractivity contribution is -0.385. The summed E-state index contributed by atoms with van der Waals surface area (Å²) < 4.78 is 59.3. The van der Waals surface area contributed by atoms with Gasteiger partial charge in [-0.25, -0.2) is 17.2 Å². The number of nitrogens with one attached hydrogen (secondary N) is 1. The topological polar surface area (TPSA) is 102 Å². The highest BCUT2D eigenvalue weighted by atomic mass is 32.2. The molecule has 1 N–H and O–H groups in total. The number of morpholine rings is 1. The van der Waals surface area contributed by atoms with Crippen molar-refractivity contribution in [2.75, 3.05) is 31.6 Å². The highest BCUT2D eigenvalue weighted by molar-refractivity contribution is 7.89. The van der Waals surface area contributed by atoms with Gasteiger partial charge in [0.1, 0.15) is 4.90 Å². The second kappa shape index (κ2) is 8.39. The Bertz CT molecular complexity index is 1030. The number of hydrogen-bond donors (Lipinski definition) is 1. The van der Waals surface area contributed by atoms with Gasteiger partial charge in [0, 0.05) is 31.3 Å². The van der Waals surface area contributed by atoms with Gasteiger partial charge in [-0.05, 0) is 30.7 Å². The van der Waals surface area contributed by atoms with Crippen LogP contribution >= 0.6 is 0 Å². The number of nitro benzene ring substituents is 1. The molecule has 0 amide bonds. The summed E-state index contributed by atoms with van der Waals surface area (Å²) in [6.45, 7) is 2.34. The highest BCUT2D eigenvalue weighted by Crippen LogP contribution is 2.32. The summed E-state index contributed by atoms with van der Waals surface area (Å²) in [4.78, 5) is 10.2. The van der Waals surface area contributed by atoms with Crippen LogP contribution in [0.4, 0.5) is 20.2 Å². The lowest BCUT2D eigenvalue weighted by Crippen LogP contribution is -2.40. The molecule has 8 nitrogen and oxygen atoms in total. The van der Waals surface area contributed by atoms with Crippen LogP contribution in [0.3, 0.4) is 0 Å². The standard InChI is InChI=1S/C18H19F2N3O5S/c1-12(13-2-4-15(19)16(20)10-13)21-17-5-3-14(23(24)25)11-18(17)29(26,27)22-6-8-28-9-7-22/h2-5,10-12,21H,6-9H2,1H3/t12-/m0/s1. The number of halogens is 2. The van der Waals surface area contributed by atoms with Crippen LogP contribution in [0.1, 0.15) is 18.5 Å². The van der Waals surface area contributed by atoms with Crippen LogP contribution < -0.4 is 5.32 Å². The Kier molecular flexibility index (Phi) is 6.10. The fraction of sp³-hybridized carbons (Fsp3) is 0.333. The zero-order valence-electron chi connectivity index (χ0n) is 15.5. The number of nitrogens with zero attached hydrogens (tertiary/aromatic N) is 2. The molecule has 0 unspecified atom stereocenters. The monoisotopic (exact) mass is 427 g/mol. The number of ether oxygens (including phenoxy) is 1. The molecule has 2 aromatic carbocycles. The molecule has 1 saturated heterocycles. The first-order valence-electron chi connectivity index (χ1n) is 8.78. The molecule has 1 atom stereocenters. The minimum Gasteiger partial charge on any atom is -0.379 e. The van der Waals surface area contributed by atoms with Gasteiger partial charge in [-0.3, -0.25) is 10.1 Å². The van der Waals surface area contributed by atoms with Crippen molar-refractivity contribution in [2.24, 2.45) is 0 Å². The summed E-state index contributed by atoms with van der Waals surface area (Å²) in [5.74, 6) is -2.02. The lowest BCUT2D eigenvalue weighted by Gasteiger charge is -2.27. The maximum absolute atomic E-state index is 13.5. The smallest absolute Gasteiger partial charge is 0.270 e. The van der Waals surface area contributed by atoms with Gasteiger partial charge in [-0.15, -0.1) is 0 Å². The Morgan fingerprint density at radius 2 is 1.83 bits per heavy atom. The minimum absolute atomic E-state index is 0.124. The zero-order chi connectivity index (χ0) is 21.2. The van der Waals surface area contributed by atoms with Gasteiger partial charge in [0.25, 0.3) is 5.69 Å². The first kappa shape index (κ1) is 21.1. The third-order valence-electron chi connectivity index (χ3n) is 4.58. The van der Waals surface area contributed by atoms with Gasteiger partial charge < -0.3 is 10.1 Å². The predicted octanol–water partition coefficient (Wildman–Crippen LogP) is 3.07. The number of hydrogen-bond acceptors (Lipinski definition) is 6. The Labute approximate surface area is 166 Å². The van der Waals surface area contributed by atoms with Crippen molar-refractivity contribution in [3.8, 4) is 0 Å². The van der Waals surface area contributed by atoms with Crippen molar-refractivity contribution in [1.29, 1.82) is 0 Å². The number of benzene rings is 2. The third kappa shape index (κ3) is 4.52. The van der Waals surface area contributed by atoms with Gasteiger partial charge in [0.2, 0.25) is 10.0 Å². The first-order chi connectivity index (χ1) is 13.7. The second-order valence-electron chi connectivity index (χ2n) is 6.49. The molecule has 3 rings (SSSR count). The first-order valence-corrected chi connectivity index (χ1v) is 10.2. The lowest BCUT2D eigenvalue weighted by atomic mass is 10.1. The van der Waals surface area contributed by atoms with E-state index in [4.69, 9.17) is 4.74 Å². The normalized spacial score (nSPS) is 16.4. The van der Waals surface area contributed by atoms with Gasteiger partial charge in [-0.1, -0.05) is 6.07 Å². The fourth-order valence-electron chi connectivity index (χ4n) is 2.98. The summed E-state index contributed by atoms with van der Waals surface area (Å²) in [7, 11) is -4.04. The van der Waals surface area contributed by atoms with Crippen LogP contribution in [0.2, 0.25) is 0 Å². The van der Waals surface area contributed by atoms with E-state index >= 15 is 0 Å². The van der Waals surface area contributed by atoms with Crippen LogP contribution in [0.5, 0.6) is 0 Å². The quantitative estimate of drug-likeness (QED) is 0.562. The number of sulfonamides is 1. The Hall–Kier alpha value is -2.63. The van der Waals surface area contributed by atoms with E-state index in [-0.39, 0.29) is 42.6 Å². The molecule has 2 aromatic rings. The Morgan fingerprint density at radius 3 is 2.45 bits per heavy atom. The fourth-order valence-corrected chi connectivity index (χ4v) is 4.56. The van der Waals surface area contributed by atoms with E-state index in [1.165, 1.54) is 22.5 Å². The molecular formula is C18H19F2N3O5S. The van der Waals surface area contributed by atoms with E-state index in [1.54, 1.807) is 6.92 Å². The summed E-state index contributed by atoms with van der Waals surface area (Å²) in [6.07, 6.45) is 0. The molecule has 156 valence electrons. The Balaban J connectivity index is 1.99. The molecular weight excluding hydrogens is 408 g/mol. The highest BCUT2D eigenvalue weighted by Gasteiger charge is 2.30. The summed E-state index contributed by atoms with van der Waals surface area (Å²) in [5, 5.41) is 14.1. The van der Waals surface area contributed by atoms with E-state index < -0.39 is 32.6 Å². The van der Waals surface area contributed by atoms with Crippen molar-refractivity contribution in [3.63, 3.8) is 0 Å². The molecule has 0 bridgehead atoms. The second-order valence-corrected chi connectivity index (χ2v) is 8.40. The average Bonchev–Trinajstić information content (AvgIpc) is 2.70. The predicted molar refractivity (Wildman–Crippen MR) is 101 cm³/mol. The SMILES string of the molecule is C[C@H](Nc1ccc([N+](=O)[O-])cc1S(=O)(=O)N1CCOCC1)c1ccc(F)c(F)c1. The summed E-state index contributed by atoms with van der Waals surface area (Å²) in [6, 6.07) is 6.23. The van der Waals surface area contributed by atoms with E-state index in [0.29, 0.717) is 5.56 Å². The van der Waals surface area contributed by atoms with Gasteiger partial charge in [0.05, 0.1) is 23.8 Å². The van der Waals surface area contributed by atoms with Crippen molar-refractivity contribution >= 4 is 21.4 Å². The molecule has 29 heavy (non-hydrogen) atoms. The van der Waals surface area contributed by atoms with Crippen LogP contribution in [-0.2, 0) is 14.8 Å². The van der Waals surface area contributed by atoms with E-state index in [9.17, 15) is 27.3 Å². The average molecular weight is 427 g/mol. The molecule has 1 heterocycles. The number of non-ortho nitro benzene ring substituents is 1. The zero-order valence-corrected chi connectivity index (χ0v) is 16.3. The van der Waals surface area contributed by atoms with Crippen molar-refractivity contribution < 1.29 is 26.9 Å². The van der Waals surface area contributed by atoms with E-state index in [1.807, 2.05) is 0 Å². The molecule has 0 spiro atoms. The van der Waals surface area contributed by atoms with Gasteiger partial charge in [-0.2, -0.15) is 4.31 Å². The molecule has 0 radical (unpaired) electrons. The molecule has 0 aliphatic carbocycles. The number of anilines is 1. The van der Waals surface area contributed by atoms with E-state index in [2.05, 4.69) is 5.32 Å². The van der Waals surface area contributed by atoms with Crippen molar-refractivity contribution in [2.45, 2.75) is 17.9 Å². The largest absolute Gasteiger partial charge is 0.379 e. The van der Waals surface area contributed by atoms with Crippen molar-refractivity contribution in [1.82, 2.24) is 4.31 Å². The molecule has 11 heteroatoms. The molecule has 1 fully saturated rings. The number of rotatable bonds is 6. The van der Waals surface area contributed by atoms with Crippen LogP contribution in [0.15, 0.2) is 41.3 Å². The van der Waals surface area contributed by atoms with Crippen LogP contribution in [0, 0.1) is 21.7 Å². The summed E-state index contributed by atoms with van der Waals surface area (Å²) >= 11 is 0. The molecule has 1 aliphatic heterocycles.